The van der Waals surface area contributed by atoms with Crippen molar-refractivity contribution in [2.45, 2.75) is 12.8 Å². The van der Waals surface area contributed by atoms with Crippen molar-refractivity contribution in [3.05, 3.63) is 11.5 Å². The Labute approximate surface area is 99.5 Å². The molecular weight excluding hydrogens is 254 g/mol. The lowest BCUT2D eigenvalue weighted by atomic mass is 10.4. The fourth-order valence-corrected chi connectivity index (χ4v) is 2.82. The van der Waals surface area contributed by atoms with E-state index in [0.29, 0.717) is 5.75 Å². The van der Waals surface area contributed by atoms with Crippen molar-refractivity contribution in [1.29, 1.82) is 0 Å². The topological polar surface area (TPSA) is 57.6 Å². The Morgan fingerprint density at radius 1 is 1.47 bits per heavy atom. The van der Waals surface area contributed by atoms with Crippen molar-refractivity contribution in [3.8, 4) is 0 Å². The van der Waals surface area contributed by atoms with Crippen LogP contribution in [0.15, 0.2) is 11.5 Å². The van der Waals surface area contributed by atoms with Crippen LogP contribution >= 0.6 is 24.0 Å². The third kappa shape index (κ3) is 5.50. The Balaban J connectivity index is 2.25. The van der Waals surface area contributed by atoms with Gasteiger partial charge in [0.1, 0.15) is 4.32 Å². The highest BCUT2D eigenvalue weighted by Gasteiger charge is 2.14. The van der Waals surface area contributed by atoms with Crippen LogP contribution in [-0.2, 0) is 10.1 Å². The summed E-state index contributed by atoms with van der Waals surface area (Å²) in [6.45, 7) is 1.99. The van der Waals surface area contributed by atoms with Gasteiger partial charge in [-0.3, -0.25) is 4.55 Å². The molecule has 1 rings (SSSR count). The molecule has 0 aromatic rings. The Kier molecular flexibility index (Phi) is 5.04. The van der Waals surface area contributed by atoms with Crippen LogP contribution < -0.4 is 0 Å². The summed E-state index contributed by atoms with van der Waals surface area (Å²) in [5.41, 5.74) is 0. The van der Waals surface area contributed by atoms with Gasteiger partial charge in [0.05, 0.1) is 5.41 Å². The van der Waals surface area contributed by atoms with E-state index in [9.17, 15) is 8.42 Å². The van der Waals surface area contributed by atoms with E-state index in [1.54, 1.807) is 0 Å². The van der Waals surface area contributed by atoms with Crippen molar-refractivity contribution >= 4 is 38.4 Å². The molecule has 0 radical (unpaired) electrons. The molecule has 4 nitrogen and oxygen atoms in total. The normalized spacial score (nSPS) is 17.5. The first-order valence-corrected chi connectivity index (χ1v) is 7.44. The molecule has 0 spiro atoms. The zero-order valence-corrected chi connectivity index (χ0v) is 10.6. The van der Waals surface area contributed by atoms with E-state index in [1.165, 1.54) is 30.7 Å². The number of hydrogen-bond acceptors (Lipinski definition) is 4. The van der Waals surface area contributed by atoms with Gasteiger partial charge in [0.2, 0.25) is 0 Å². The SMILES string of the molecule is O=S(=O)(O)/C=C\CSC(=S)N1CCCC1. The molecule has 1 N–H and O–H groups in total. The summed E-state index contributed by atoms with van der Waals surface area (Å²) < 4.78 is 29.9. The van der Waals surface area contributed by atoms with Gasteiger partial charge in [-0.1, -0.05) is 30.1 Å². The maximum atomic E-state index is 10.3. The van der Waals surface area contributed by atoms with Crippen molar-refractivity contribution in [1.82, 2.24) is 4.90 Å². The van der Waals surface area contributed by atoms with Gasteiger partial charge in [-0.2, -0.15) is 8.42 Å². The lowest BCUT2D eigenvalue weighted by Gasteiger charge is -2.16. The molecule has 0 aromatic carbocycles. The third-order valence-corrected chi connectivity index (χ3v) is 3.95. The second kappa shape index (κ2) is 5.83. The van der Waals surface area contributed by atoms with Gasteiger partial charge in [0.25, 0.3) is 10.1 Å². The predicted molar refractivity (Wildman–Crippen MR) is 66.6 cm³/mol. The zero-order chi connectivity index (χ0) is 11.3. The highest BCUT2D eigenvalue weighted by molar-refractivity contribution is 8.23. The molecule has 0 bridgehead atoms. The van der Waals surface area contributed by atoms with Gasteiger partial charge >= 0.3 is 0 Å². The van der Waals surface area contributed by atoms with E-state index in [1.807, 2.05) is 0 Å². The third-order valence-electron chi connectivity index (χ3n) is 1.94. The number of likely N-dealkylation sites (tertiary alicyclic amines) is 1. The molecule has 1 saturated heterocycles. The molecule has 0 aromatic heterocycles. The van der Waals surface area contributed by atoms with Gasteiger partial charge in [0, 0.05) is 18.8 Å². The van der Waals surface area contributed by atoms with Gasteiger partial charge in [-0.25, -0.2) is 0 Å². The lowest BCUT2D eigenvalue weighted by molar-refractivity contribution is 0.494. The smallest absolute Gasteiger partial charge is 0.287 e. The molecule has 1 aliphatic rings. The number of thiocarbonyl (C=S) groups is 1. The van der Waals surface area contributed by atoms with E-state index < -0.39 is 10.1 Å². The Bertz CT molecular complexity index is 344. The summed E-state index contributed by atoms with van der Waals surface area (Å²) in [5.74, 6) is 0.467. The summed E-state index contributed by atoms with van der Waals surface area (Å²) in [7, 11) is -3.99. The molecule has 1 heterocycles. The highest BCUT2D eigenvalue weighted by Crippen LogP contribution is 2.16. The van der Waals surface area contributed by atoms with Crippen LogP contribution in [0.2, 0.25) is 0 Å². The molecule has 15 heavy (non-hydrogen) atoms. The number of hydrogen-bond donors (Lipinski definition) is 1. The molecule has 0 saturated carbocycles. The summed E-state index contributed by atoms with van der Waals surface area (Å²) >= 11 is 6.57. The monoisotopic (exact) mass is 267 g/mol. The average Bonchev–Trinajstić information content (AvgIpc) is 2.63. The first-order valence-electron chi connectivity index (χ1n) is 4.55. The summed E-state index contributed by atoms with van der Waals surface area (Å²) in [4.78, 5) is 2.11. The predicted octanol–water partition coefficient (Wildman–Crippen LogP) is 1.50. The molecule has 0 amide bonds. The van der Waals surface area contributed by atoms with Gasteiger partial charge in [0.15, 0.2) is 0 Å². The highest BCUT2D eigenvalue weighted by atomic mass is 32.2. The fourth-order valence-electron chi connectivity index (χ4n) is 1.27. The zero-order valence-electron chi connectivity index (χ0n) is 8.13. The van der Waals surface area contributed by atoms with Crippen molar-refractivity contribution < 1.29 is 13.0 Å². The molecule has 0 unspecified atom stereocenters. The van der Waals surface area contributed by atoms with E-state index in [-0.39, 0.29) is 0 Å². The van der Waals surface area contributed by atoms with E-state index >= 15 is 0 Å². The number of rotatable bonds is 3. The first kappa shape index (κ1) is 13.0. The number of thioether (sulfide) groups is 1. The van der Waals surface area contributed by atoms with Crippen LogP contribution in [0.5, 0.6) is 0 Å². The van der Waals surface area contributed by atoms with Crippen molar-refractivity contribution in [3.63, 3.8) is 0 Å². The molecule has 0 aliphatic carbocycles. The largest absolute Gasteiger partial charge is 0.358 e. The fraction of sp³-hybridized carbons (Fsp3) is 0.625. The quantitative estimate of drug-likeness (QED) is 0.618. The van der Waals surface area contributed by atoms with Gasteiger partial charge < -0.3 is 4.90 Å². The minimum atomic E-state index is -3.99. The van der Waals surface area contributed by atoms with Crippen LogP contribution in [0.4, 0.5) is 0 Å². The Hall–Kier alpha value is -0.110. The summed E-state index contributed by atoms with van der Waals surface area (Å²) in [6.07, 6.45) is 3.73. The minimum Gasteiger partial charge on any atom is -0.358 e. The van der Waals surface area contributed by atoms with Crippen LogP contribution in [0.25, 0.3) is 0 Å². The second-order valence-electron chi connectivity index (χ2n) is 3.16. The first-order chi connectivity index (χ1) is 6.99. The molecule has 1 aliphatic heterocycles. The Morgan fingerprint density at radius 3 is 2.60 bits per heavy atom. The Morgan fingerprint density at radius 2 is 2.07 bits per heavy atom. The molecule has 1 fully saturated rings. The van der Waals surface area contributed by atoms with Crippen LogP contribution in [0.1, 0.15) is 12.8 Å². The molecule has 7 heteroatoms. The molecule has 0 atom stereocenters. The minimum absolute atomic E-state index is 0.467. The standard InChI is InChI=1S/C8H13NO3S3/c10-15(11,12)7-3-6-14-8(13)9-4-1-2-5-9/h3,7H,1-2,4-6H2,(H,10,11,12)/b7-3-. The summed E-state index contributed by atoms with van der Waals surface area (Å²) in [5, 5.41) is 0.784. The molecule has 86 valence electrons. The van der Waals surface area contributed by atoms with Crippen molar-refractivity contribution in [2.24, 2.45) is 0 Å². The second-order valence-corrected chi connectivity index (χ2v) is 6.11. The van der Waals surface area contributed by atoms with Crippen LogP contribution in [-0.4, -0.2) is 41.0 Å². The van der Waals surface area contributed by atoms with Gasteiger partial charge in [-0.05, 0) is 12.8 Å². The van der Waals surface area contributed by atoms with Crippen molar-refractivity contribution in [2.75, 3.05) is 18.8 Å². The maximum absolute atomic E-state index is 10.3. The lowest BCUT2D eigenvalue weighted by Crippen LogP contribution is -2.23. The maximum Gasteiger partial charge on any atom is 0.287 e. The number of nitrogens with zero attached hydrogens (tertiary/aromatic N) is 1. The van der Waals surface area contributed by atoms with E-state index in [4.69, 9.17) is 16.8 Å². The van der Waals surface area contributed by atoms with E-state index in [2.05, 4.69) is 4.90 Å². The van der Waals surface area contributed by atoms with E-state index in [0.717, 1.165) is 22.8 Å². The molecular formula is C8H13NO3S3. The van der Waals surface area contributed by atoms with Crippen LogP contribution in [0, 0.1) is 0 Å². The van der Waals surface area contributed by atoms with Gasteiger partial charge in [-0.15, -0.1) is 0 Å². The summed E-state index contributed by atoms with van der Waals surface area (Å²) in [6, 6.07) is 0. The van der Waals surface area contributed by atoms with Crippen LogP contribution in [0.3, 0.4) is 0 Å². The average molecular weight is 267 g/mol.